The van der Waals surface area contributed by atoms with E-state index >= 15 is 0 Å². The van der Waals surface area contributed by atoms with E-state index in [2.05, 4.69) is 4.74 Å². The van der Waals surface area contributed by atoms with Crippen LogP contribution in [0.15, 0.2) is 23.1 Å². The largest absolute Gasteiger partial charge is 0.431 e. The second-order valence-corrected chi connectivity index (χ2v) is 10.3. The highest BCUT2D eigenvalue weighted by Gasteiger charge is 2.38. The van der Waals surface area contributed by atoms with Crippen molar-refractivity contribution >= 4 is 33.4 Å². The molecule has 11 nitrogen and oxygen atoms in total. The van der Waals surface area contributed by atoms with Gasteiger partial charge in [-0.25, -0.2) is 8.42 Å². The molecule has 2 atom stereocenters. The first kappa shape index (κ1) is 26.8. The summed E-state index contributed by atoms with van der Waals surface area (Å²) in [5.41, 5.74) is 5.20. The summed E-state index contributed by atoms with van der Waals surface area (Å²) in [7, 11) is -1.11. The number of nitrogens with one attached hydrogen (secondary N) is 1. The number of primary amides is 1. The number of carbonyl (C=O) groups excluding carboxylic acids is 3. The molecule has 2 aliphatic rings. The van der Waals surface area contributed by atoms with Crippen molar-refractivity contribution in [1.29, 1.82) is 0 Å². The van der Waals surface area contributed by atoms with Gasteiger partial charge in [-0.05, 0) is 45.5 Å². The predicted molar refractivity (Wildman–Crippen MR) is 121 cm³/mol. The zero-order valence-corrected chi connectivity index (χ0v) is 20.3. The lowest BCUT2D eigenvalue weighted by atomic mass is 10.1. The highest BCUT2D eigenvalue weighted by Crippen LogP contribution is 2.38. The first-order valence-corrected chi connectivity index (χ1v) is 12.6. The number of anilines is 1. The Balaban J connectivity index is 1.95. The molecule has 3 amide bonds. The minimum atomic E-state index is -4.77. The van der Waals surface area contributed by atoms with Gasteiger partial charge in [0.25, 0.3) is 0 Å². The third-order valence-corrected chi connectivity index (χ3v) is 7.53. The van der Waals surface area contributed by atoms with E-state index in [4.69, 9.17) is 5.73 Å². The maximum absolute atomic E-state index is 13.3. The number of likely N-dealkylation sites (tertiary alicyclic amines) is 1. The molecular formula is C21H29F2N5O6S. The van der Waals surface area contributed by atoms with Crippen LogP contribution in [0.4, 0.5) is 14.5 Å². The molecule has 14 heteroatoms. The second-order valence-electron chi connectivity index (χ2n) is 8.63. The van der Waals surface area contributed by atoms with E-state index in [1.807, 2.05) is 23.7 Å². The van der Waals surface area contributed by atoms with Gasteiger partial charge in [0.05, 0.1) is 5.69 Å². The highest BCUT2D eigenvalue weighted by molar-refractivity contribution is 7.89. The van der Waals surface area contributed by atoms with Crippen molar-refractivity contribution in [1.82, 2.24) is 14.5 Å². The number of benzene rings is 1. The molecule has 0 saturated carbocycles. The number of carbonyl (C=O) groups is 3. The van der Waals surface area contributed by atoms with Crippen LogP contribution in [-0.2, 0) is 24.4 Å². The number of halogens is 2. The van der Waals surface area contributed by atoms with Gasteiger partial charge < -0.3 is 25.2 Å². The third kappa shape index (κ3) is 6.05. The number of amides is 3. The molecular weight excluding hydrogens is 488 g/mol. The number of ether oxygens (including phenoxy) is 1. The second kappa shape index (κ2) is 10.8. The molecule has 0 aromatic heterocycles. The third-order valence-electron chi connectivity index (χ3n) is 6.08. The van der Waals surface area contributed by atoms with Crippen LogP contribution in [0, 0.1) is 0 Å². The van der Waals surface area contributed by atoms with Crippen molar-refractivity contribution in [2.24, 2.45) is 5.73 Å². The van der Waals surface area contributed by atoms with Crippen molar-refractivity contribution in [3.05, 3.63) is 18.2 Å². The van der Waals surface area contributed by atoms with E-state index in [-0.39, 0.29) is 37.1 Å². The molecule has 3 N–H and O–H groups in total. The van der Waals surface area contributed by atoms with Gasteiger partial charge in [-0.15, -0.1) is 0 Å². The topological polar surface area (TPSA) is 142 Å². The Bertz CT molecular complexity index is 1080. The molecule has 0 unspecified atom stereocenters. The van der Waals surface area contributed by atoms with Gasteiger partial charge in [-0.1, -0.05) is 6.07 Å². The van der Waals surface area contributed by atoms with Crippen molar-refractivity contribution in [2.45, 2.75) is 49.3 Å². The summed E-state index contributed by atoms with van der Waals surface area (Å²) in [6, 6.07) is 1.60. The number of hydrogen-bond acceptors (Lipinski definition) is 7. The van der Waals surface area contributed by atoms with Crippen LogP contribution in [-0.4, -0.2) is 88.4 Å². The summed E-state index contributed by atoms with van der Waals surface area (Å²) in [6.07, 6.45) is 2.01. The lowest BCUT2D eigenvalue weighted by molar-refractivity contribution is -0.137. The predicted octanol–water partition coefficient (Wildman–Crippen LogP) is 0.0996. The van der Waals surface area contributed by atoms with Crippen molar-refractivity contribution in [2.75, 3.05) is 38.6 Å². The molecule has 35 heavy (non-hydrogen) atoms. The Morgan fingerprint density at radius 3 is 2.51 bits per heavy atom. The molecule has 0 radical (unpaired) electrons. The quantitative estimate of drug-likeness (QED) is 0.443. The zero-order valence-electron chi connectivity index (χ0n) is 19.4. The van der Waals surface area contributed by atoms with Gasteiger partial charge in [0.2, 0.25) is 27.7 Å². The van der Waals surface area contributed by atoms with Gasteiger partial charge in [0.1, 0.15) is 4.90 Å². The molecule has 0 spiro atoms. The lowest BCUT2D eigenvalue weighted by Gasteiger charge is -2.29. The maximum Gasteiger partial charge on any atom is 0.387 e. The SMILES string of the molecule is CN(C)[C@H]1CCN(C(=O)[C@@H](NS(=O)(=O)c2cccc(N3CCCCC3=O)c2OC(F)F)C(N)=O)C1. The average Bonchev–Trinajstić information content (AvgIpc) is 3.28. The lowest BCUT2D eigenvalue weighted by Crippen LogP contribution is -2.54. The van der Waals surface area contributed by atoms with Crippen molar-refractivity contribution < 1.29 is 36.3 Å². The highest BCUT2D eigenvalue weighted by atomic mass is 32.2. The van der Waals surface area contributed by atoms with Gasteiger partial charge in [-0.3, -0.25) is 14.4 Å². The van der Waals surface area contributed by atoms with Crippen LogP contribution in [0.1, 0.15) is 25.7 Å². The minimum absolute atomic E-state index is 0.0221. The molecule has 2 aliphatic heterocycles. The molecule has 0 bridgehead atoms. The Kier molecular flexibility index (Phi) is 8.28. The van der Waals surface area contributed by atoms with Crippen LogP contribution in [0.3, 0.4) is 0 Å². The first-order chi connectivity index (χ1) is 16.4. The van der Waals surface area contributed by atoms with Crippen LogP contribution >= 0.6 is 0 Å². The van der Waals surface area contributed by atoms with Crippen LogP contribution in [0.5, 0.6) is 5.75 Å². The fourth-order valence-electron chi connectivity index (χ4n) is 4.19. The summed E-state index contributed by atoms with van der Waals surface area (Å²) < 4.78 is 59.5. The Labute approximate surface area is 202 Å². The molecule has 0 aliphatic carbocycles. The summed E-state index contributed by atoms with van der Waals surface area (Å²) in [6.45, 7) is -2.64. The van der Waals surface area contributed by atoms with Gasteiger partial charge in [-0.2, -0.15) is 13.5 Å². The molecule has 194 valence electrons. The fraction of sp³-hybridized carbons (Fsp3) is 0.571. The van der Waals surface area contributed by atoms with Gasteiger partial charge >= 0.3 is 6.61 Å². The number of sulfonamides is 1. The Hall–Kier alpha value is -2.84. The van der Waals surface area contributed by atoms with E-state index in [0.29, 0.717) is 25.8 Å². The van der Waals surface area contributed by atoms with Crippen LogP contribution < -0.4 is 20.1 Å². The summed E-state index contributed by atoms with van der Waals surface area (Å²) in [5, 5.41) is 0. The smallest absolute Gasteiger partial charge is 0.387 e. The van der Waals surface area contributed by atoms with Crippen molar-refractivity contribution in [3.8, 4) is 5.75 Å². The normalized spacial score (nSPS) is 19.9. The number of nitrogens with two attached hydrogens (primary N) is 1. The van der Waals surface area contributed by atoms with E-state index in [9.17, 15) is 31.6 Å². The number of likely N-dealkylation sites (N-methyl/N-ethyl adjacent to an activating group) is 1. The van der Waals surface area contributed by atoms with Crippen molar-refractivity contribution in [3.63, 3.8) is 0 Å². The molecule has 2 saturated heterocycles. The molecule has 2 heterocycles. The Morgan fingerprint density at radius 2 is 1.94 bits per heavy atom. The van der Waals surface area contributed by atoms with Crippen LogP contribution in [0.25, 0.3) is 0 Å². The number of hydrogen-bond donors (Lipinski definition) is 2. The first-order valence-electron chi connectivity index (χ1n) is 11.1. The molecule has 1 aromatic rings. The van der Waals surface area contributed by atoms with Gasteiger partial charge in [0, 0.05) is 32.1 Å². The Morgan fingerprint density at radius 1 is 1.23 bits per heavy atom. The minimum Gasteiger partial charge on any atom is -0.431 e. The maximum atomic E-state index is 13.3. The van der Waals surface area contributed by atoms with Gasteiger partial charge in [0.15, 0.2) is 11.8 Å². The van der Waals surface area contributed by atoms with Crippen LogP contribution in [0.2, 0.25) is 0 Å². The summed E-state index contributed by atoms with van der Waals surface area (Å²) >= 11 is 0. The standard InChI is InChI=1S/C21H29F2N5O6S/c1-26(2)13-9-11-27(12-13)20(31)17(19(24)30)25-35(32,33)15-7-5-6-14(18(15)34-21(22)23)28-10-4-3-8-16(28)29/h5-7,13,17,21,25H,3-4,8-12H2,1-2H3,(H2,24,30)/t13-,17-/m0/s1. The number of para-hydroxylation sites is 1. The number of piperidine rings is 1. The van der Waals surface area contributed by atoms with E-state index in [1.54, 1.807) is 0 Å². The molecule has 1 aromatic carbocycles. The summed E-state index contributed by atoms with van der Waals surface area (Å²) in [5.74, 6) is -3.21. The fourth-order valence-corrected chi connectivity index (χ4v) is 5.50. The van der Waals surface area contributed by atoms with E-state index < -0.39 is 45.1 Å². The summed E-state index contributed by atoms with van der Waals surface area (Å²) in [4.78, 5) is 41.1. The van der Waals surface area contributed by atoms with E-state index in [0.717, 1.165) is 6.07 Å². The number of rotatable bonds is 9. The average molecular weight is 518 g/mol. The molecule has 3 rings (SSSR count). The number of nitrogens with zero attached hydrogens (tertiary/aromatic N) is 3. The van der Waals surface area contributed by atoms with E-state index in [1.165, 1.54) is 21.9 Å². The molecule has 2 fully saturated rings. The monoisotopic (exact) mass is 517 g/mol. The zero-order chi connectivity index (χ0) is 25.9. The number of alkyl halides is 2.